The molecule has 3 aromatic rings. The molecule has 1 unspecified atom stereocenters. The van der Waals surface area contributed by atoms with Crippen molar-refractivity contribution < 1.29 is 9.53 Å². The van der Waals surface area contributed by atoms with E-state index in [0.29, 0.717) is 41.9 Å². The number of carbonyl (C=O) groups is 1. The number of hydrogen-bond donors (Lipinski definition) is 0. The number of piperazine rings is 1. The molecule has 0 amide bonds. The summed E-state index contributed by atoms with van der Waals surface area (Å²) in [6, 6.07) is 13.0. The molecule has 1 aliphatic rings. The number of hydrogen-bond acceptors (Lipinski definition) is 7. The molecule has 4 rings (SSSR count). The number of rotatable bonds is 4. The van der Waals surface area contributed by atoms with E-state index in [1.807, 2.05) is 17.0 Å². The Hall–Kier alpha value is -4.21. The number of nitriles is 1. The Kier molecular flexibility index (Phi) is 6.54. The molecule has 3 heterocycles. The Morgan fingerprint density at radius 1 is 1.26 bits per heavy atom. The number of anilines is 1. The topological polar surface area (TPSA) is 95.8 Å². The van der Waals surface area contributed by atoms with Gasteiger partial charge in [0, 0.05) is 38.8 Å². The molecule has 1 aliphatic heterocycles. The molecule has 178 valence electrons. The molecule has 0 bridgehead atoms. The molecular formula is C26H26N6O3. The van der Waals surface area contributed by atoms with E-state index in [4.69, 9.17) is 11.3 Å². The van der Waals surface area contributed by atoms with Crippen LogP contribution in [0, 0.1) is 17.9 Å². The smallest absolute Gasteiger partial charge is 0.337 e. The van der Waals surface area contributed by atoms with E-state index in [1.54, 1.807) is 31.3 Å². The number of benzene rings is 1. The lowest BCUT2D eigenvalue weighted by Crippen LogP contribution is -2.53. The van der Waals surface area contributed by atoms with Gasteiger partial charge in [0.1, 0.15) is 17.3 Å². The highest BCUT2D eigenvalue weighted by Gasteiger charge is 2.32. The van der Waals surface area contributed by atoms with Crippen molar-refractivity contribution in [1.82, 2.24) is 14.5 Å². The quantitative estimate of drug-likeness (QED) is 0.426. The van der Waals surface area contributed by atoms with Crippen molar-refractivity contribution in [3.8, 4) is 6.07 Å². The number of aromatic nitrogens is 2. The molecule has 35 heavy (non-hydrogen) atoms. The van der Waals surface area contributed by atoms with Crippen molar-refractivity contribution in [2.45, 2.75) is 25.9 Å². The van der Waals surface area contributed by atoms with E-state index in [0.717, 1.165) is 5.56 Å². The zero-order valence-electron chi connectivity index (χ0n) is 20.1. The third-order valence-corrected chi connectivity index (χ3v) is 6.73. The number of fused-ring (bicyclic) bond motifs is 1. The van der Waals surface area contributed by atoms with Crippen LogP contribution in [0.25, 0.3) is 15.9 Å². The van der Waals surface area contributed by atoms with Gasteiger partial charge in [0.25, 0.3) is 11.4 Å². The van der Waals surface area contributed by atoms with E-state index < -0.39 is 0 Å². The number of carbonyl (C=O) groups excluding carboxylic acids is 1. The van der Waals surface area contributed by atoms with Crippen LogP contribution < -0.4 is 10.5 Å². The lowest BCUT2D eigenvalue weighted by Gasteiger charge is -2.44. The molecule has 2 atom stereocenters. The highest BCUT2D eigenvalue weighted by atomic mass is 16.5. The molecule has 1 saturated heterocycles. The van der Waals surface area contributed by atoms with Crippen LogP contribution in [0.1, 0.15) is 41.4 Å². The first-order valence-corrected chi connectivity index (χ1v) is 11.3. The van der Waals surface area contributed by atoms with Gasteiger partial charge in [-0.1, -0.05) is 18.7 Å². The number of ether oxygens (including phenoxy) is 1. The lowest BCUT2D eigenvalue weighted by atomic mass is 10.0. The molecule has 2 aromatic heterocycles. The van der Waals surface area contributed by atoms with E-state index >= 15 is 0 Å². The summed E-state index contributed by atoms with van der Waals surface area (Å²) in [5.74, 6) is -0.146. The first kappa shape index (κ1) is 23.9. The number of esters is 1. The lowest BCUT2D eigenvalue weighted by molar-refractivity contribution is 0.0600. The average Bonchev–Trinajstić information content (AvgIpc) is 2.89. The minimum absolute atomic E-state index is 0.0433. The Bertz CT molecular complexity index is 1430. The summed E-state index contributed by atoms with van der Waals surface area (Å²) in [5, 5.41) is 9.85. The van der Waals surface area contributed by atoms with E-state index in [9.17, 15) is 14.9 Å². The fourth-order valence-electron chi connectivity index (χ4n) is 4.81. The van der Waals surface area contributed by atoms with Crippen LogP contribution in [0.3, 0.4) is 0 Å². The van der Waals surface area contributed by atoms with Gasteiger partial charge in [0.15, 0.2) is 0 Å². The second-order valence-corrected chi connectivity index (χ2v) is 8.67. The van der Waals surface area contributed by atoms with Crippen LogP contribution in [0.2, 0.25) is 0 Å². The number of pyridine rings is 2. The third-order valence-electron chi connectivity index (χ3n) is 6.73. The maximum atomic E-state index is 13.0. The van der Waals surface area contributed by atoms with E-state index in [-0.39, 0.29) is 35.0 Å². The average molecular weight is 471 g/mol. The first-order valence-electron chi connectivity index (χ1n) is 11.3. The number of aryl methyl sites for hydroxylation is 1. The Balaban J connectivity index is 1.66. The predicted octanol–water partition coefficient (Wildman–Crippen LogP) is 3.41. The number of methoxy groups -OCH3 is 1. The van der Waals surface area contributed by atoms with Gasteiger partial charge in [0.2, 0.25) is 5.52 Å². The van der Waals surface area contributed by atoms with Crippen molar-refractivity contribution in [3.05, 3.63) is 74.9 Å². The fraction of sp³-hybridized carbons (Fsp3) is 0.346. The molecule has 9 heteroatoms. The van der Waals surface area contributed by atoms with Gasteiger partial charge in [-0.15, -0.1) is 4.98 Å². The minimum Gasteiger partial charge on any atom is -0.465 e. The van der Waals surface area contributed by atoms with Gasteiger partial charge in [-0.2, -0.15) is 5.26 Å². The van der Waals surface area contributed by atoms with Gasteiger partial charge >= 0.3 is 5.97 Å². The largest absolute Gasteiger partial charge is 0.465 e. The van der Waals surface area contributed by atoms with Crippen LogP contribution in [0.15, 0.2) is 41.2 Å². The van der Waals surface area contributed by atoms with Gasteiger partial charge in [0.05, 0.1) is 18.2 Å². The summed E-state index contributed by atoms with van der Waals surface area (Å²) >= 11 is 0. The molecule has 0 aliphatic carbocycles. The molecule has 0 spiro atoms. The molecular weight excluding hydrogens is 444 g/mol. The van der Waals surface area contributed by atoms with Crippen LogP contribution >= 0.6 is 0 Å². The maximum absolute atomic E-state index is 13.0. The molecule has 1 aromatic carbocycles. The zero-order chi connectivity index (χ0) is 25.3. The van der Waals surface area contributed by atoms with Crippen LogP contribution in [0.4, 0.5) is 11.5 Å². The summed E-state index contributed by atoms with van der Waals surface area (Å²) in [7, 11) is 2.98. The summed E-state index contributed by atoms with van der Waals surface area (Å²) in [5.41, 5.74) is 2.84. The van der Waals surface area contributed by atoms with Crippen molar-refractivity contribution in [1.29, 1.82) is 5.26 Å². The normalized spacial score (nSPS) is 17.0. The number of nitrogens with zero attached hydrogens (tertiary/aromatic N) is 6. The first-order chi connectivity index (χ1) is 16.8. The summed E-state index contributed by atoms with van der Waals surface area (Å²) in [6.07, 6.45) is 0. The highest BCUT2D eigenvalue weighted by molar-refractivity contribution is 5.93. The van der Waals surface area contributed by atoms with Crippen LogP contribution in [-0.2, 0) is 11.8 Å². The third kappa shape index (κ3) is 4.23. The monoisotopic (exact) mass is 470 g/mol. The van der Waals surface area contributed by atoms with Gasteiger partial charge in [-0.05, 0) is 43.7 Å². The molecule has 1 fully saturated rings. The van der Waals surface area contributed by atoms with Crippen molar-refractivity contribution in [2.75, 3.05) is 31.6 Å². The van der Waals surface area contributed by atoms with Gasteiger partial charge in [-0.25, -0.2) is 4.79 Å². The molecule has 0 N–H and O–H groups in total. The van der Waals surface area contributed by atoms with Gasteiger partial charge < -0.3 is 19.0 Å². The SMILES string of the molecule is [C-]#[N+]c1ccc2c(n1)c(N1CCN(C(C)c3ccc(C(=O)OC)cc3)[C@H](C)C1)c(C#N)c(=O)n2C. The Morgan fingerprint density at radius 3 is 2.57 bits per heavy atom. The summed E-state index contributed by atoms with van der Waals surface area (Å²) < 4.78 is 6.20. The second kappa shape index (κ2) is 9.57. The van der Waals surface area contributed by atoms with E-state index in [1.165, 1.54) is 11.7 Å². The van der Waals surface area contributed by atoms with Crippen molar-refractivity contribution >= 4 is 28.5 Å². The Labute approximate surface area is 203 Å². The van der Waals surface area contributed by atoms with Crippen LogP contribution in [0.5, 0.6) is 0 Å². The zero-order valence-corrected chi connectivity index (χ0v) is 20.1. The van der Waals surface area contributed by atoms with E-state index in [2.05, 4.69) is 34.6 Å². The van der Waals surface area contributed by atoms with Crippen LogP contribution in [-0.4, -0.2) is 53.2 Å². The highest BCUT2D eigenvalue weighted by Crippen LogP contribution is 2.32. The van der Waals surface area contributed by atoms with Crippen molar-refractivity contribution in [3.63, 3.8) is 0 Å². The molecule has 0 radical (unpaired) electrons. The minimum atomic E-state index is -0.374. The van der Waals surface area contributed by atoms with Gasteiger partial charge in [-0.3, -0.25) is 9.69 Å². The second-order valence-electron chi connectivity index (χ2n) is 8.67. The van der Waals surface area contributed by atoms with Crippen molar-refractivity contribution in [2.24, 2.45) is 7.05 Å². The Morgan fingerprint density at radius 2 is 1.97 bits per heavy atom. The molecule has 0 saturated carbocycles. The molecule has 9 nitrogen and oxygen atoms in total. The maximum Gasteiger partial charge on any atom is 0.337 e. The standard InChI is InChI=1S/C26H26N6O3/c1-16-15-31(12-13-32(16)17(2)18-6-8-19(9-7-18)26(34)35-5)24-20(14-27)25(33)30(4)21-10-11-22(28-3)29-23(21)24/h6-11,16-17H,12-13,15H2,1-2,4-5H3/t16-,17?/m1/s1. The summed E-state index contributed by atoms with van der Waals surface area (Å²) in [4.78, 5) is 37.0. The summed E-state index contributed by atoms with van der Waals surface area (Å²) in [6.45, 7) is 13.5. The predicted molar refractivity (Wildman–Crippen MR) is 133 cm³/mol. The fourth-order valence-corrected chi connectivity index (χ4v) is 4.81.